The molecule has 0 heterocycles. The van der Waals surface area contributed by atoms with Gasteiger partial charge in [0.1, 0.15) is 6.61 Å². The van der Waals surface area contributed by atoms with Crippen LogP contribution in [0.25, 0.3) is 0 Å². The molecule has 3 nitrogen and oxygen atoms in total. The van der Waals surface area contributed by atoms with Crippen LogP contribution < -0.4 is 5.32 Å². The van der Waals surface area contributed by atoms with Gasteiger partial charge in [0, 0.05) is 18.4 Å². The van der Waals surface area contributed by atoms with Gasteiger partial charge in [-0.15, -0.1) is 0 Å². The summed E-state index contributed by atoms with van der Waals surface area (Å²) >= 11 is 0. The number of carbonyl (C=O) groups is 1. The Morgan fingerprint density at radius 2 is 1.95 bits per heavy atom. The van der Waals surface area contributed by atoms with Crippen molar-refractivity contribution >= 4 is 5.97 Å². The molecule has 0 amide bonds. The Morgan fingerprint density at radius 3 is 2.47 bits per heavy atom. The lowest BCUT2D eigenvalue weighted by Gasteiger charge is -2.24. The topological polar surface area (TPSA) is 38.3 Å². The van der Waals surface area contributed by atoms with E-state index in [0.29, 0.717) is 12.0 Å². The number of nitrogens with one attached hydrogen (secondary N) is 1. The predicted molar refractivity (Wildman–Crippen MR) is 64.2 cm³/mol. The third kappa shape index (κ3) is 5.97. The van der Waals surface area contributed by atoms with Crippen LogP contribution in [0.1, 0.15) is 32.1 Å². The third-order valence-electron chi connectivity index (χ3n) is 3.13. The summed E-state index contributed by atoms with van der Waals surface area (Å²) < 4.78 is 39.5. The Balaban J connectivity index is 2.17. The highest BCUT2D eigenvalue weighted by atomic mass is 19.4. The van der Waals surface area contributed by atoms with Crippen molar-refractivity contribution < 1.29 is 22.7 Å². The summed E-state index contributed by atoms with van der Waals surface area (Å²) in [6, 6.07) is 0.547. The zero-order valence-electron chi connectivity index (χ0n) is 10.8. The van der Waals surface area contributed by atoms with Crippen LogP contribution in [0.3, 0.4) is 0 Å². The molecule has 0 aliphatic heterocycles. The molecule has 1 fully saturated rings. The van der Waals surface area contributed by atoms with Gasteiger partial charge in [0.25, 0.3) is 0 Å². The van der Waals surface area contributed by atoms with Crippen molar-refractivity contribution in [3.8, 4) is 11.8 Å². The Hall–Kier alpha value is -1.22. The zero-order valence-corrected chi connectivity index (χ0v) is 10.8. The maximum atomic E-state index is 11.8. The number of hydrogen-bond acceptors (Lipinski definition) is 3. The highest BCUT2D eigenvalue weighted by Gasteiger charge is 2.40. The molecule has 19 heavy (non-hydrogen) atoms. The minimum atomic E-state index is -4.92. The van der Waals surface area contributed by atoms with E-state index < -0.39 is 12.1 Å². The first kappa shape index (κ1) is 15.8. The van der Waals surface area contributed by atoms with Crippen molar-refractivity contribution in [3.05, 3.63) is 0 Å². The van der Waals surface area contributed by atoms with Gasteiger partial charge in [-0.2, -0.15) is 13.2 Å². The molecule has 0 aromatic rings. The van der Waals surface area contributed by atoms with Crippen LogP contribution in [-0.4, -0.2) is 31.8 Å². The molecular weight excluding hydrogens is 259 g/mol. The minimum absolute atomic E-state index is 0.147. The van der Waals surface area contributed by atoms with Gasteiger partial charge < -0.3 is 10.1 Å². The lowest BCUT2D eigenvalue weighted by atomic mass is 9.86. The van der Waals surface area contributed by atoms with Crippen LogP contribution in [0.5, 0.6) is 0 Å². The molecule has 0 atom stereocenters. The highest BCUT2D eigenvalue weighted by Crippen LogP contribution is 2.23. The molecule has 6 heteroatoms. The molecule has 1 N–H and O–H groups in total. The Labute approximate surface area is 110 Å². The Bertz CT molecular complexity index is 349. The quantitative estimate of drug-likeness (QED) is 0.488. The largest absolute Gasteiger partial charge is 0.490 e. The molecule has 1 aliphatic rings. The van der Waals surface area contributed by atoms with E-state index in [1.54, 1.807) is 0 Å². The second-order valence-corrected chi connectivity index (χ2v) is 4.54. The highest BCUT2D eigenvalue weighted by molar-refractivity contribution is 5.75. The van der Waals surface area contributed by atoms with Crippen molar-refractivity contribution in [2.24, 2.45) is 5.92 Å². The molecule has 0 aromatic carbocycles. The normalized spacial score (nSPS) is 23.4. The van der Waals surface area contributed by atoms with Gasteiger partial charge in [-0.05, 0) is 32.7 Å². The first-order valence-electron chi connectivity index (χ1n) is 6.33. The number of rotatable bonds is 3. The number of ether oxygens (including phenoxy) is 1. The van der Waals surface area contributed by atoms with Gasteiger partial charge in [0.2, 0.25) is 0 Å². The second-order valence-electron chi connectivity index (χ2n) is 4.54. The fraction of sp³-hybridized carbons (Fsp3) is 0.769. The van der Waals surface area contributed by atoms with E-state index in [1.165, 1.54) is 0 Å². The number of esters is 1. The fourth-order valence-corrected chi connectivity index (χ4v) is 2.02. The lowest BCUT2D eigenvalue weighted by molar-refractivity contribution is -0.199. The molecule has 0 aromatic heterocycles. The van der Waals surface area contributed by atoms with E-state index in [2.05, 4.69) is 21.9 Å². The molecule has 0 spiro atoms. The zero-order chi connectivity index (χ0) is 14.3. The fourth-order valence-electron chi connectivity index (χ4n) is 2.02. The van der Waals surface area contributed by atoms with Crippen LogP contribution in [0.4, 0.5) is 13.2 Å². The SMILES string of the molecule is CNC1CCC(C#CCCOC(=O)C(F)(F)F)CC1. The molecule has 1 saturated carbocycles. The second kappa shape index (κ2) is 7.39. The van der Waals surface area contributed by atoms with E-state index >= 15 is 0 Å². The van der Waals surface area contributed by atoms with Crippen molar-refractivity contribution in [1.82, 2.24) is 5.32 Å². The van der Waals surface area contributed by atoms with Gasteiger partial charge in [0.05, 0.1) is 0 Å². The maximum Gasteiger partial charge on any atom is 0.490 e. The number of hydrogen-bond donors (Lipinski definition) is 1. The summed E-state index contributed by atoms with van der Waals surface area (Å²) in [5, 5.41) is 3.22. The standard InChI is InChI=1S/C13H18F3NO2/c1-17-11-7-5-10(6-8-11)4-2-3-9-19-12(18)13(14,15)16/h10-11,17H,3,5-9H2,1H3. The maximum absolute atomic E-state index is 11.8. The average Bonchev–Trinajstić information content (AvgIpc) is 2.37. The Kier molecular flexibility index (Phi) is 6.16. The molecular formula is C13H18F3NO2. The van der Waals surface area contributed by atoms with Crippen molar-refractivity contribution in [3.63, 3.8) is 0 Å². The van der Waals surface area contributed by atoms with Crippen LogP contribution >= 0.6 is 0 Å². The number of halogens is 3. The first-order chi connectivity index (χ1) is 8.93. The first-order valence-corrected chi connectivity index (χ1v) is 6.33. The van der Waals surface area contributed by atoms with E-state index in [-0.39, 0.29) is 13.0 Å². The molecule has 0 unspecified atom stereocenters. The lowest BCUT2D eigenvalue weighted by Crippen LogP contribution is -2.29. The summed E-state index contributed by atoms with van der Waals surface area (Å²) in [6.45, 7) is -0.308. The van der Waals surface area contributed by atoms with E-state index in [0.717, 1.165) is 25.7 Å². The van der Waals surface area contributed by atoms with E-state index in [4.69, 9.17) is 0 Å². The summed E-state index contributed by atoms with van der Waals surface area (Å²) in [5.41, 5.74) is 0. The van der Waals surface area contributed by atoms with Crippen LogP contribution in [0, 0.1) is 17.8 Å². The third-order valence-corrected chi connectivity index (χ3v) is 3.13. The van der Waals surface area contributed by atoms with E-state index in [9.17, 15) is 18.0 Å². The summed E-state index contributed by atoms with van der Waals surface area (Å²) in [5.74, 6) is 3.97. The summed E-state index contributed by atoms with van der Waals surface area (Å²) in [4.78, 5) is 10.4. The van der Waals surface area contributed by atoms with Crippen LogP contribution in [0.2, 0.25) is 0 Å². The van der Waals surface area contributed by atoms with Crippen molar-refractivity contribution in [1.29, 1.82) is 0 Å². The Morgan fingerprint density at radius 1 is 1.32 bits per heavy atom. The van der Waals surface area contributed by atoms with Gasteiger partial charge >= 0.3 is 12.1 Å². The van der Waals surface area contributed by atoms with E-state index in [1.807, 2.05) is 7.05 Å². The van der Waals surface area contributed by atoms with Crippen molar-refractivity contribution in [2.75, 3.05) is 13.7 Å². The summed E-state index contributed by atoms with van der Waals surface area (Å²) in [7, 11) is 1.94. The minimum Gasteiger partial charge on any atom is -0.458 e. The summed E-state index contributed by atoms with van der Waals surface area (Å²) in [6.07, 6.45) is -0.633. The monoisotopic (exact) mass is 277 g/mol. The molecule has 108 valence electrons. The molecule has 0 bridgehead atoms. The predicted octanol–water partition coefficient (Wildman–Crippen LogP) is 2.26. The molecule has 0 radical (unpaired) electrons. The molecule has 1 aliphatic carbocycles. The average molecular weight is 277 g/mol. The van der Waals surface area contributed by atoms with Gasteiger partial charge in [0.15, 0.2) is 0 Å². The van der Waals surface area contributed by atoms with Gasteiger partial charge in [-0.3, -0.25) is 0 Å². The van der Waals surface area contributed by atoms with Crippen molar-refractivity contribution in [2.45, 2.75) is 44.3 Å². The van der Waals surface area contributed by atoms with Crippen LogP contribution in [0.15, 0.2) is 0 Å². The smallest absolute Gasteiger partial charge is 0.458 e. The van der Waals surface area contributed by atoms with Crippen LogP contribution in [-0.2, 0) is 9.53 Å². The van der Waals surface area contributed by atoms with Gasteiger partial charge in [-0.25, -0.2) is 4.79 Å². The molecule has 0 saturated heterocycles. The number of alkyl halides is 3. The number of carbonyl (C=O) groups excluding carboxylic acids is 1. The molecule has 1 rings (SSSR count). The van der Waals surface area contributed by atoms with Gasteiger partial charge in [-0.1, -0.05) is 11.8 Å².